The molecule has 0 aromatic heterocycles. The number of anilines is 1. The molecule has 3 rings (SSSR count). The lowest BCUT2D eigenvalue weighted by molar-refractivity contribution is -0.150. The van der Waals surface area contributed by atoms with Gasteiger partial charge in [0.05, 0.1) is 15.6 Å². The summed E-state index contributed by atoms with van der Waals surface area (Å²) in [6, 6.07) is 6.02. The second-order valence-electron chi connectivity index (χ2n) is 7.78. The fourth-order valence-electron chi connectivity index (χ4n) is 3.96. The van der Waals surface area contributed by atoms with E-state index >= 15 is 0 Å². The van der Waals surface area contributed by atoms with E-state index in [9.17, 15) is 22.4 Å². The molecule has 1 atom stereocenters. The van der Waals surface area contributed by atoms with Gasteiger partial charge in [-0.3, -0.25) is 9.59 Å². The van der Waals surface area contributed by atoms with Crippen LogP contribution in [0, 0.1) is 26.6 Å². The minimum Gasteiger partial charge on any atom is -0.454 e. The number of hydrogen-bond donors (Lipinski definition) is 1. The van der Waals surface area contributed by atoms with Crippen LogP contribution in [-0.4, -0.2) is 43.8 Å². The molecule has 0 aliphatic carbocycles. The number of halogens is 2. The van der Waals surface area contributed by atoms with E-state index in [1.165, 1.54) is 6.07 Å². The number of nitrogens with zero attached hydrogens (tertiary/aromatic N) is 1. The molecular weight excluding hydrogens is 459 g/mol. The standard InChI is InChI=1S/C22H24ClFN2O5S/c1-13-9-14(2)21(15(3)10-13)32(29,30)26-8-4-5-19(26)22(28)31-12-20(27)25-18-7-6-16(24)11-17(18)23/h6-7,9-11,19H,4-5,8,12H2,1-3H3,(H,25,27). The Labute approximate surface area is 191 Å². The summed E-state index contributed by atoms with van der Waals surface area (Å²) >= 11 is 5.87. The lowest BCUT2D eigenvalue weighted by Gasteiger charge is -2.24. The highest BCUT2D eigenvalue weighted by Crippen LogP contribution is 2.31. The van der Waals surface area contributed by atoms with Gasteiger partial charge >= 0.3 is 5.97 Å². The quantitative estimate of drug-likeness (QED) is 0.633. The first kappa shape index (κ1) is 24.2. The van der Waals surface area contributed by atoms with Crippen molar-refractivity contribution in [1.29, 1.82) is 0 Å². The summed E-state index contributed by atoms with van der Waals surface area (Å²) in [6.45, 7) is 4.89. The van der Waals surface area contributed by atoms with Crippen molar-refractivity contribution in [2.45, 2.75) is 44.6 Å². The summed E-state index contributed by atoms with van der Waals surface area (Å²) in [7, 11) is -3.93. The molecule has 2 aromatic rings. The van der Waals surface area contributed by atoms with Gasteiger partial charge in [-0.25, -0.2) is 12.8 Å². The van der Waals surface area contributed by atoms with E-state index < -0.39 is 40.4 Å². The van der Waals surface area contributed by atoms with Crippen LogP contribution >= 0.6 is 11.6 Å². The summed E-state index contributed by atoms with van der Waals surface area (Å²) in [4.78, 5) is 24.9. The summed E-state index contributed by atoms with van der Waals surface area (Å²) in [6.07, 6.45) is 0.799. The number of sulfonamides is 1. The number of amides is 1. The van der Waals surface area contributed by atoms with Crippen molar-refractivity contribution in [3.63, 3.8) is 0 Å². The van der Waals surface area contributed by atoms with Gasteiger partial charge in [0.2, 0.25) is 10.0 Å². The SMILES string of the molecule is Cc1cc(C)c(S(=O)(=O)N2CCCC2C(=O)OCC(=O)Nc2ccc(F)cc2Cl)c(C)c1. The predicted octanol–water partition coefficient (Wildman–Crippen LogP) is 3.74. The van der Waals surface area contributed by atoms with Crippen LogP contribution in [0.3, 0.4) is 0 Å². The molecule has 0 bridgehead atoms. The number of esters is 1. The van der Waals surface area contributed by atoms with Crippen LogP contribution in [-0.2, 0) is 24.3 Å². The Hall–Kier alpha value is -2.49. The molecule has 1 N–H and O–H groups in total. The van der Waals surface area contributed by atoms with E-state index in [2.05, 4.69) is 5.32 Å². The summed E-state index contributed by atoms with van der Waals surface area (Å²) in [5, 5.41) is 2.43. The molecular formula is C22H24ClFN2O5S. The highest BCUT2D eigenvalue weighted by atomic mass is 35.5. The van der Waals surface area contributed by atoms with Gasteiger partial charge in [0.25, 0.3) is 5.91 Å². The van der Waals surface area contributed by atoms with Crippen molar-refractivity contribution in [2.24, 2.45) is 0 Å². The highest BCUT2D eigenvalue weighted by molar-refractivity contribution is 7.89. The molecule has 0 spiro atoms. The van der Waals surface area contributed by atoms with Gasteiger partial charge in [0.15, 0.2) is 6.61 Å². The van der Waals surface area contributed by atoms with Gasteiger partial charge in [-0.1, -0.05) is 29.3 Å². The number of benzene rings is 2. The monoisotopic (exact) mass is 482 g/mol. The summed E-state index contributed by atoms with van der Waals surface area (Å²) in [5.41, 5.74) is 2.34. The van der Waals surface area contributed by atoms with Crippen molar-refractivity contribution in [1.82, 2.24) is 4.31 Å². The molecule has 1 unspecified atom stereocenters. The summed E-state index contributed by atoms with van der Waals surface area (Å²) in [5.74, 6) is -2.03. The van der Waals surface area contributed by atoms with E-state index in [0.717, 1.165) is 22.0 Å². The van der Waals surface area contributed by atoms with Crippen LogP contribution in [0.15, 0.2) is 35.2 Å². The second-order valence-corrected chi connectivity index (χ2v) is 10.0. The van der Waals surface area contributed by atoms with Crippen molar-refractivity contribution in [3.8, 4) is 0 Å². The lowest BCUT2D eigenvalue weighted by Crippen LogP contribution is -2.42. The number of ether oxygens (including phenoxy) is 1. The first-order valence-electron chi connectivity index (χ1n) is 10.0. The minimum atomic E-state index is -3.93. The molecule has 1 heterocycles. The van der Waals surface area contributed by atoms with Crippen molar-refractivity contribution < 1.29 is 27.1 Å². The molecule has 10 heteroatoms. The maximum atomic E-state index is 13.3. The van der Waals surface area contributed by atoms with Gasteiger partial charge in [-0.05, 0) is 62.9 Å². The maximum absolute atomic E-state index is 13.3. The van der Waals surface area contributed by atoms with Crippen molar-refractivity contribution in [2.75, 3.05) is 18.5 Å². The Bertz CT molecular complexity index is 1150. The molecule has 2 aromatic carbocycles. The molecule has 1 saturated heterocycles. The van der Waals surface area contributed by atoms with Crippen LogP contribution in [0.2, 0.25) is 5.02 Å². The second kappa shape index (κ2) is 9.56. The third kappa shape index (κ3) is 5.11. The highest BCUT2D eigenvalue weighted by Gasteiger charge is 2.41. The number of carbonyl (C=O) groups is 2. The average molecular weight is 483 g/mol. The van der Waals surface area contributed by atoms with Gasteiger partial charge in [-0.2, -0.15) is 4.31 Å². The van der Waals surface area contributed by atoms with E-state index in [0.29, 0.717) is 24.0 Å². The molecule has 7 nitrogen and oxygen atoms in total. The maximum Gasteiger partial charge on any atom is 0.324 e. The number of rotatable bonds is 6. The zero-order chi connectivity index (χ0) is 23.6. The normalized spacial score (nSPS) is 16.7. The zero-order valence-electron chi connectivity index (χ0n) is 17.9. The Kier molecular flexibility index (Phi) is 7.22. The molecule has 172 valence electrons. The lowest BCUT2D eigenvalue weighted by atomic mass is 10.1. The van der Waals surface area contributed by atoms with Crippen LogP contribution in [0.1, 0.15) is 29.5 Å². The minimum absolute atomic E-state index is 0.00146. The average Bonchev–Trinajstić information content (AvgIpc) is 3.18. The van der Waals surface area contributed by atoms with Gasteiger partial charge in [0, 0.05) is 6.54 Å². The van der Waals surface area contributed by atoms with E-state index in [-0.39, 0.29) is 22.2 Å². The Morgan fingerprint density at radius 3 is 2.47 bits per heavy atom. The van der Waals surface area contributed by atoms with Gasteiger partial charge in [-0.15, -0.1) is 0 Å². The third-order valence-electron chi connectivity index (χ3n) is 5.20. The molecule has 1 fully saturated rings. The Morgan fingerprint density at radius 2 is 1.84 bits per heavy atom. The van der Waals surface area contributed by atoms with Crippen LogP contribution in [0.5, 0.6) is 0 Å². The number of carbonyl (C=O) groups excluding carboxylic acids is 2. The van der Waals surface area contributed by atoms with Crippen molar-refractivity contribution >= 4 is 39.2 Å². The molecule has 0 radical (unpaired) electrons. The van der Waals surface area contributed by atoms with Crippen LogP contribution < -0.4 is 5.32 Å². The number of hydrogen-bond acceptors (Lipinski definition) is 5. The number of aryl methyl sites for hydroxylation is 3. The zero-order valence-corrected chi connectivity index (χ0v) is 19.5. The third-order valence-corrected chi connectivity index (χ3v) is 7.72. The fraction of sp³-hybridized carbons (Fsp3) is 0.364. The molecule has 1 aliphatic heterocycles. The number of nitrogens with one attached hydrogen (secondary N) is 1. The van der Waals surface area contributed by atoms with E-state index in [1.807, 2.05) is 6.92 Å². The largest absolute Gasteiger partial charge is 0.454 e. The summed E-state index contributed by atoms with van der Waals surface area (Å²) < 4.78 is 46.0. The Balaban J connectivity index is 1.70. The van der Waals surface area contributed by atoms with Crippen LogP contribution in [0.4, 0.5) is 10.1 Å². The molecule has 0 saturated carbocycles. The molecule has 1 amide bonds. The first-order valence-corrected chi connectivity index (χ1v) is 11.8. The fourth-order valence-corrected chi connectivity index (χ4v) is 6.24. The van der Waals surface area contributed by atoms with Crippen LogP contribution in [0.25, 0.3) is 0 Å². The van der Waals surface area contributed by atoms with Gasteiger partial charge in [0.1, 0.15) is 11.9 Å². The topological polar surface area (TPSA) is 92.8 Å². The predicted molar refractivity (Wildman–Crippen MR) is 119 cm³/mol. The molecule has 1 aliphatic rings. The first-order chi connectivity index (χ1) is 15.0. The van der Waals surface area contributed by atoms with Gasteiger partial charge < -0.3 is 10.1 Å². The smallest absolute Gasteiger partial charge is 0.324 e. The van der Waals surface area contributed by atoms with E-state index in [1.54, 1.807) is 26.0 Å². The molecule has 32 heavy (non-hydrogen) atoms. The Morgan fingerprint density at radius 1 is 1.19 bits per heavy atom. The van der Waals surface area contributed by atoms with Crippen molar-refractivity contribution in [3.05, 3.63) is 57.9 Å². The van der Waals surface area contributed by atoms with E-state index in [4.69, 9.17) is 16.3 Å².